The third-order valence-electron chi connectivity index (χ3n) is 4.88. The van der Waals surface area contributed by atoms with Crippen LogP contribution in [0.1, 0.15) is 49.7 Å². The SMILES string of the molecule is CN=C(NCCCCSC)NCc1ccc(CN2CCCCCC2)cc1.I. The molecule has 0 atom stereocenters. The number of hydrogen-bond acceptors (Lipinski definition) is 3. The lowest BCUT2D eigenvalue weighted by Gasteiger charge is -2.20. The minimum Gasteiger partial charge on any atom is -0.356 e. The van der Waals surface area contributed by atoms with Gasteiger partial charge in [0, 0.05) is 26.7 Å². The molecule has 0 aromatic heterocycles. The van der Waals surface area contributed by atoms with E-state index in [9.17, 15) is 0 Å². The molecule has 27 heavy (non-hydrogen) atoms. The van der Waals surface area contributed by atoms with E-state index in [2.05, 4.69) is 51.0 Å². The minimum atomic E-state index is 0. The van der Waals surface area contributed by atoms with Crippen molar-refractivity contribution in [2.75, 3.05) is 38.7 Å². The van der Waals surface area contributed by atoms with Gasteiger partial charge in [-0.1, -0.05) is 37.1 Å². The Kier molecular flexibility index (Phi) is 14.1. The topological polar surface area (TPSA) is 39.7 Å². The number of nitrogens with one attached hydrogen (secondary N) is 2. The van der Waals surface area contributed by atoms with Gasteiger partial charge in [0.25, 0.3) is 0 Å². The highest BCUT2D eigenvalue weighted by atomic mass is 127. The lowest BCUT2D eigenvalue weighted by Crippen LogP contribution is -2.37. The van der Waals surface area contributed by atoms with Crippen molar-refractivity contribution in [3.05, 3.63) is 35.4 Å². The lowest BCUT2D eigenvalue weighted by atomic mass is 10.1. The fraction of sp³-hybridized carbons (Fsp3) is 0.667. The van der Waals surface area contributed by atoms with Gasteiger partial charge in [0.1, 0.15) is 0 Å². The van der Waals surface area contributed by atoms with E-state index in [0.29, 0.717) is 0 Å². The molecule has 1 saturated heterocycles. The molecule has 1 heterocycles. The molecular weight excluding hydrogens is 467 g/mol. The highest BCUT2D eigenvalue weighted by molar-refractivity contribution is 14.0. The molecule has 0 unspecified atom stereocenters. The number of likely N-dealkylation sites (tertiary alicyclic amines) is 1. The van der Waals surface area contributed by atoms with Crippen LogP contribution in [0.25, 0.3) is 0 Å². The molecule has 2 rings (SSSR count). The minimum absolute atomic E-state index is 0. The Hall–Kier alpha value is -0.470. The average molecular weight is 505 g/mol. The summed E-state index contributed by atoms with van der Waals surface area (Å²) in [6.45, 7) is 5.39. The highest BCUT2D eigenvalue weighted by Crippen LogP contribution is 2.13. The van der Waals surface area contributed by atoms with Crippen LogP contribution < -0.4 is 10.6 Å². The van der Waals surface area contributed by atoms with E-state index >= 15 is 0 Å². The van der Waals surface area contributed by atoms with E-state index < -0.39 is 0 Å². The van der Waals surface area contributed by atoms with Crippen molar-refractivity contribution in [3.63, 3.8) is 0 Å². The van der Waals surface area contributed by atoms with Crippen LogP contribution in [0.2, 0.25) is 0 Å². The van der Waals surface area contributed by atoms with Crippen LogP contribution in [-0.4, -0.2) is 49.6 Å². The van der Waals surface area contributed by atoms with Crippen LogP contribution in [0.15, 0.2) is 29.3 Å². The van der Waals surface area contributed by atoms with Gasteiger partial charge in [0.05, 0.1) is 0 Å². The molecule has 0 amide bonds. The van der Waals surface area contributed by atoms with Crippen LogP contribution in [0, 0.1) is 0 Å². The Morgan fingerprint density at radius 3 is 2.30 bits per heavy atom. The third-order valence-corrected chi connectivity index (χ3v) is 5.58. The second-order valence-electron chi connectivity index (χ2n) is 7.06. The summed E-state index contributed by atoms with van der Waals surface area (Å²) < 4.78 is 0. The molecule has 6 heteroatoms. The van der Waals surface area contributed by atoms with Gasteiger partial charge >= 0.3 is 0 Å². The average Bonchev–Trinajstić information content (AvgIpc) is 2.94. The Bertz CT molecular complexity index is 513. The Balaban J connectivity index is 0.00000364. The van der Waals surface area contributed by atoms with Crippen molar-refractivity contribution in [3.8, 4) is 0 Å². The van der Waals surface area contributed by atoms with Crippen molar-refractivity contribution in [1.82, 2.24) is 15.5 Å². The van der Waals surface area contributed by atoms with E-state index in [-0.39, 0.29) is 24.0 Å². The molecule has 2 N–H and O–H groups in total. The van der Waals surface area contributed by atoms with E-state index in [4.69, 9.17) is 0 Å². The summed E-state index contributed by atoms with van der Waals surface area (Å²) in [5.41, 5.74) is 2.72. The van der Waals surface area contributed by atoms with Crippen molar-refractivity contribution in [1.29, 1.82) is 0 Å². The number of guanidine groups is 1. The van der Waals surface area contributed by atoms with Crippen molar-refractivity contribution >= 4 is 41.7 Å². The fourth-order valence-electron chi connectivity index (χ4n) is 3.30. The van der Waals surface area contributed by atoms with Crippen LogP contribution in [0.3, 0.4) is 0 Å². The van der Waals surface area contributed by atoms with Crippen LogP contribution in [0.4, 0.5) is 0 Å². The highest BCUT2D eigenvalue weighted by Gasteiger charge is 2.09. The van der Waals surface area contributed by atoms with Gasteiger partial charge in [-0.3, -0.25) is 9.89 Å². The number of unbranched alkanes of at least 4 members (excludes halogenated alkanes) is 1. The van der Waals surface area contributed by atoms with Crippen LogP contribution in [0.5, 0.6) is 0 Å². The van der Waals surface area contributed by atoms with Gasteiger partial charge in [-0.15, -0.1) is 24.0 Å². The maximum Gasteiger partial charge on any atom is 0.191 e. The zero-order valence-electron chi connectivity index (χ0n) is 17.0. The first-order chi connectivity index (χ1) is 12.8. The standard InChI is InChI=1S/C21H36N4S.HI/c1-22-21(23-13-5-8-16-26-2)24-17-19-9-11-20(12-10-19)18-25-14-6-3-4-7-15-25;/h9-12H,3-8,13-18H2,1-2H3,(H2,22,23,24);1H. The molecule has 0 saturated carbocycles. The monoisotopic (exact) mass is 504 g/mol. The normalized spacial score (nSPS) is 15.7. The first-order valence-corrected chi connectivity index (χ1v) is 11.4. The van der Waals surface area contributed by atoms with E-state index in [1.807, 2.05) is 18.8 Å². The predicted molar refractivity (Wildman–Crippen MR) is 131 cm³/mol. The molecule has 1 fully saturated rings. The molecule has 4 nitrogen and oxygen atoms in total. The summed E-state index contributed by atoms with van der Waals surface area (Å²) in [7, 11) is 1.83. The van der Waals surface area contributed by atoms with Crippen molar-refractivity contribution in [2.45, 2.75) is 51.6 Å². The zero-order valence-corrected chi connectivity index (χ0v) is 20.2. The Labute approximate surface area is 187 Å². The molecule has 0 radical (unpaired) electrons. The second kappa shape index (κ2) is 15.5. The smallest absolute Gasteiger partial charge is 0.191 e. The Morgan fingerprint density at radius 2 is 1.67 bits per heavy atom. The number of benzene rings is 1. The number of hydrogen-bond donors (Lipinski definition) is 2. The molecule has 1 aromatic carbocycles. The quantitative estimate of drug-likeness (QED) is 0.225. The number of rotatable bonds is 9. The van der Waals surface area contributed by atoms with Crippen molar-refractivity contribution in [2.24, 2.45) is 4.99 Å². The maximum atomic E-state index is 4.31. The van der Waals surface area contributed by atoms with Gasteiger partial charge < -0.3 is 10.6 Å². The number of nitrogens with zero attached hydrogens (tertiary/aromatic N) is 2. The third kappa shape index (κ3) is 10.6. The second-order valence-corrected chi connectivity index (χ2v) is 8.04. The zero-order chi connectivity index (χ0) is 18.5. The van der Waals surface area contributed by atoms with E-state index in [1.165, 1.54) is 68.5 Å². The van der Waals surface area contributed by atoms with Gasteiger partial charge in [0.2, 0.25) is 0 Å². The summed E-state index contributed by atoms with van der Waals surface area (Å²) >= 11 is 1.91. The molecule has 0 aliphatic carbocycles. The van der Waals surface area contributed by atoms with Crippen molar-refractivity contribution < 1.29 is 0 Å². The summed E-state index contributed by atoms with van der Waals surface area (Å²) in [6, 6.07) is 9.04. The molecule has 1 aromatic rings. The summed E-state index contributed by atoms with van der Waals surface area (Å²) in [5.74, 6) is 2.13. The largest absolute Gasteiger partial charge is 0.356 e. The molecule has 154 valence electrons. The fourth-order valence-corrected chi connectivity index (χ4v) is 3.79. The summed E-state index contributed by atoms with van der Waals surface area (Å²) in [4.78, 5) is 6.91. The van der Waals surface area contributed by atoms with Crippen LogP contribution >= 0.6 is 35.7 Å². The molecule has 1 aliphatic rings. The molecule has 0 bridgehead atoms. The Morgan fingerprint density at radius 1 is 1.00 bits per heavy atom. The van der Waals surface area contributed by atoms with Gasteiger partial charge in [-0.05, 0) is 61.9 Å². The number of halogens is 1. The summed E-state index contributed by atoms with van der Waals surface area (Å²) in [5, 5.41) is 6.80. The molecule has 1 aliphatic heterocycles. The molecular formula is C21H37IN4S. The predicted octanol–water partition coefficient (Wildman–Crippen LogP) is 4.49. The first-order valence-electron chi connectivity index (χ1n) is 10.1. The number of aliphatic imine (C=N–C) groups is 1. The lowest BCUT2D eigenvalue weighted by molar-refractivity contribution is 0.277. The van der Waals surface area contributed by atoms with E-state index in [1.54, 1.807) is 0 Å². The maximum absolute atomic E-state index is 4.31. The van der Waals surface area contributed by atoms with Gasteiger partial charge in [-0.2, -0.15) is 11.8 Å². The summed E-state index contributed by atoms with van der Waals surface area (Å²) in [6.07, 6.45) is 10.1. The first kappa shape index (κ1) is 24.6. The van der Waals surface area contributed by atoms with Gasteiger partial charge in [0.15, 0.2) is 5.96 Å². The van der Waals surface area contributed by atoms with E-state index in [0.717, 1.165) is 25.6 Å². The molecule has 0 spiro atoms. The van der Waals surface area contributed by atoms with Crippen LogP contribution in [-0.2, 0) is 13.1 Å². The number of thioether (sulfide) groups is 1. The van der Waals surface area contributed by atoms with Gasteiger partial charge in [-0.25, -0.2) is 0 Å².